The lowest BCUT2D eigenvalue weighted by Gasteiger charge is -2.21. The zero-order valence-corrected chi connectivity index (χ0v) is 15.8. The fourth-order valence-electron chi connectivity index (χ4n) is 3.19. The molecule has 3 rings (SSSR count). The van der Waals surface area contributed by atoms with Gasteiger partial charge in [0.05, 0.1) is 13.2 Å². The highest BCUT2D eigenvalue weighted by atomic mass is 16.5. The van der Waals surface area contributed by atoms with Crippen molar-refractivity contribution in [3.63, 3.8) is 0 Å². The second-order valence-electron chi connectivity index (χ2n) is 6.62. The van der Waals surface area contributed by atoms with Crippen LogP contribution in [-0.2, 0) is 9.59 Å². The summed E-state index contributed by atoms with van der Waals surface area (Å²) in [6.07, 6.45) is 0.347. The van der Waals surface area contributed by atoms with E-state index in [0.29, 0.717) is 11.4 Å². The number of ether oxygens (including phenoxy) is 1. The van der Waals surface area contributed by atoms with Gasteiger partial charge in [-0.1, -0.05) is 36.4 Å². The van der Waals surface area contributed by atoms with Gasteiger partial charge in [-0.3, -0.25) is 14.5 Å². The minimum absolute atomic E-state index is 0.113. The molecule has 0 unspecified atom stereocenters. The molecule has 1 saturated heterocycles. The smallest absolute Gasteiger partial charge is 0.325 e. The molecular formula is C21H23N3O4. The Morgan fingerprint density at radius 1 is 1.18 bits per heavy atom. The van der Waals surface area contributed by atoms with Gasteiger partial charge < -0.3 is 15.4 Å². The van der Waals surface area contributed by atoms with Gasteiger partial charge in [0.2, 0.25) is 5.91 Å². The molecule has 0 aliphatic carbocycles. The summed E-state index contributed by atoms with van der Waals surface area (Å²) in [5, 5.41) is 5.45. The van der Waals surface area contributed by atoms with Gasteiger partial charge in [0.25, 0.3) is 5.91 Å². The SMILES string of the molecule is COc1cccc(NC(=O)CC[C@@H]2NC(=O)N([C@@H](C)c3ccccc3)C2=O)c1. The second kappa shape index (κ2) is 8.56. The summed E-state index contributed by atoms with van der Waals surface area (Å²) in [7, 11) is 1.55. The van der Waals surface area contributed by atoms with Crippen LogP contribution in [-0.4, -0.2) is 35.9 Å². The predicted octanol–water partition coefficient (Wildman–Crippen LogP) is 3.10. The number of carbonyl (C=O) groups excluding carboxylic acids is 3. The van der Waals surface area contributed by atoms with E-state index in [4.69, 9.17) is 4.74 Å². The van der Waals surface area contributed by atoms with E-state index in [-0.39, 0.29) is 30.7 Å². The molecule has 7 heteroatoms. The van der Waals surface area contributed by atoms with Crippen molar-refractivity contribution in [3.05, 3.63) is 60.2 Å². The molecule has 0 radical (unpaired) electrons. The van der Waals surface area contributed by atoms with Crippen LogP contribution in [0.4, 0.5) is 10.5 Å². The van der Waals surface area contributed by atoms with Crippen molar-refractivity contribution in [1.29, 1.82) is 0 Å². The van der Waals surface area contributed by atoms with Gasteiger partial charge >= 0.3 is 6.03 Å². The average Bonchev–Trinajstić information content (AvgIpc) is 3.00. The summed E-state index contributed by atoms with van der Waals surface area (Å²) in [5.74, 6) is 0.0990. The molecule has 1 aliphatic rings. The highest BCUT2D eigenvalue weighted by molar-refractivity contribution is 6.05. The minimum Gasteiger partial charge on any atom is -0.497 e. The van der Waals surface area contributed by atoms with Crippen LogP contribution in [0.5, 0.6) is 5.75 Å². The predicted molar refractivity (Wildman–Crippen MR) is 105 cm³/mol. The molecule has 1 aliphatic heterocycles. The van der Waals surface area contributed by atoms with Gasteiger partial charge in [-0.15, -0.1) is 0 Å². The van der Waals surface area contributed by atoms with Crippen LogP contribution in [0.3, 0.4) is 0 Å². The maximum atomic E-state index is 12.7. The lowest BCUT2D eigenvalue weighted by atomic mass is 10.1. The zero-order valence-electron chi connectivity index (χ0n) is 15.8. The first-order valence-electron chi connectivity index (χ1n) is 9.12. The van der Waals surface area contributed by atoms with Gasteiger partial charge in [-0.25, -0.2) is 4.79 Å². The number of methoxy groups -OCH3 is 1. The third kappa shape index (κ3) is 4.31. The van der Waals surface area contributed by atoms with Gasteiger partial charge in [-0.05, 0) is 31.0 Å². The molecular weight excluding hydrogens is 358 g/mol. The van der Waals surface area contributed by atoms with E-state index in [9.17, 15) is 14.4 Å². The number of amides is 4. The van der Waals surface area contributed by atoms with Crippen LogP contribution < -0.4 is 15.4 Å². The van der Waals surface area contributed by atoms with Crippen LogP contribution in [0.2, 0.25) is 0 Å². The lowest BCUT2D eigenvalue weighted by molar-refractivity contribution is -0.129. The number of nitrogens with one attached hydrogen (secondary N) is 2. The first kappa shape index (κ1) is 19.4. The number of hydrogen-bond donors (Lipinski definition) is 2. The normalized spacial score (nSPS) is 17.2. The third-order valence-corrected chi connectivity index (χ3v) is 4.73. The maximum Gasteiger partial charge on any atom is 0.325 e. The van der Waals surface area contributed by atoms with Crippen molar-refractivity contribution >= 4 is 23.5 Å². The summed E-state index contributed by atoms with van der Waals surface area (Å²) >= 11 is 0. The average molecular weight is 381 g/mol. The molecule has 2 aromatic carbocycles. The van der Waals surface area contributed by atoms with Crippen LogP contribution >= 0.6 is 0 Å². The van der Waals surface area contributed by atoms with E-state index in [1.165, 1.54) is 4.90 Å². The molecule has 1 fully saturated rings. The lowest BCUT2D eigenvalue weighted by Crippen LogP contribution is -2.34. The third-order valence-electron chi connectivity index (χ3n) is 4.73. The standard InChI is InChI=1S/C21H23N3O4/c1-14(15-7-4-3-5-8-15)24-20(26)18(23-21(24)27)11-12-19(25)22-16-9-6-10-17(13-16)28-2/h3-10,13-14,18H,11-12H2,1-2H3,(H,22,25)(H,23,27)/t14-,18-/m0/s1. The number of anilines is 1. The molecule has 0 bridgehead atoms. The molecule has 4 amide bonds. The van der Waals surface area contributed by atoms with Gasteiger partial charge in [-0.2, -0.15) is 0 Å². The van der Waals surface area contributed by atoms with Gasteiger partial charge in [0, 0.05) is 18.2 Å². The molecule has 0 aromatic heterocycles. The van der Waals surface area contributed by atoms with Crippen LogP contribution in [0.15, 0.2) is 54.6 Å². The van der Waals surface area contributed by atoms with Crippen molar-refractivity contribution < 1.29 is 19.1 Å². The zero-order chi connectivity index (χ0) is 20.1. The summed E-state index contributed by atoms with van der Waals surface area (Å²) in [5.41, 5.74) is 1.49. The molecule has 0 spiro atoms. The number of imide groups is 1. The topological polar surface area (TPSA) is 87.7 Å². The monoisotopic (exact) mass is 381 g/mol. The van der Waals surface area contributed by atoms with E-state index in [0.717, 1.165) is 5.56 Å². The summed E-state index contributed by atoms with van der Waals surface area (Å²) in [4.78, 5) is 38.4. The van der Waals surface area contributed by atoms with Crippen molar-refractivity contribution in [2.75, 3.05) is 12.4 Å². The molecule has 0 saturated carbocycles. The number of carbonyl (C=O) groups is 3. The van der Waals surface area contributed by atoms with E-state index in [1.54, 1.807) is 31.4 Å². The molecule has 2 aromatic rings. The molecule has 7 nitrogen and oxygen atoms in total. The largest absolute Gasteiger partial charge is 0.497 e. The van der Waals surface area contributed by atoms with Crippen LogP contribution in [0.25, 0.3) is 0 Å². The van der Waals surface area contributed by atoms with Crippen molar-refractivity contribution in [3.8, 4) is 5.75 Å². The number of urea groups is 1. The molecule has 1 heterocycles. The Hall–Kier alpha value is -3.35. The number of benzene rings is 2. The van der Waals surface area contributed by atoms with Crippen molar-refractivity contribution in [1.82, 2.24) is 10.2 Å². The Bertz CT molecular complexity index is 869. The molecule has 2 atom stereocenters. The number of hydrogen-bond acceptors (Lipinski definition) is 4. The number of nitrogens with zero attached hydrogens (tertiary/aromatic N) is 1. The summed E-state index contributed by atoms with van der Waals surface area (Å²) in [6, 6.07) is 14.9. The van der Waals surface area contributed by atoms with E-state index < -0.39 is 12.1 Å². The highest BCUT2D eigenvalue weighted by Crippen LogP contribution is 2.25. The fourth-order valence-corrected chi connectivity index (χ4v) is 3.19. The number of rotatable bonds is 7. The quantitative estimate of drug-likeness (QED) is 0.722. The van der Waals surface area contributed by atoms with Gasteiger partial charge in [0.1, 0.15) is 11.8 Å². The van der Waals surface area contributed by atoms with Gasteiger partial charge in [0.15, 0.2) is 0 Å². The summed E-state index contributed by atoms with van der Waals surface area (Å²) < 4.78 is 5.13. The van der Waals surface area contributed by atoms with Crippen molar-refractivity contribution in [2.24, 2.45) is 0 Å². The first-order chi connectivity index (χ1) is 13.5. The van der Waals surface area contributed by atoms with E-state index in [1.807, 2.05) is 37.3 Å². The summed E-state index contributed by atoms with van der Waals surface area (Å²) in [6.45, 7) is 1.81. The Kier molecular flexibility index (Phi) is 5.93. The Balaban J connectivity index is 1.57. The second-order valence-corrected chi connectivity index (χ2v) is 6.62. The first-order valence-corrected chi connectivity index (χ1v) is 9.12. The Morgan fingerprint density at radius 3 is 2.64 bits per heavy atom. The van der Waals surface area contributed by atoms with Crippen LogP contribution in [0.1, 0.15) is 31.4 Å². The minimum atomic E-state index is -0.699. The maximum absolute atomic E-state index is 12.7. The van der Waals surface area contributed by atoms with Crippen molar-refractivity contribution in [2.45, 2.75) is 31.8 Å². The fraction of sp³-hybridized carbons (Fsp3) is 0.286. The Labute approximate surface area is 163 Å². The molecule has 2 N–H and O–H groups in total. The van der Waals surface area contributed by atoms with E-state index in [2.05, 4.69) is 10.6 Å². The van der Waals surface area contributed by atoms with Crippen LogP contribution in [0, 0.1) is 0 Å². The molecule has 28 heavy (non-hydrogen) atoms. The van der Waals surface area contributed by atoms with E-state index >= 15 is 0 Å². The highest BCUT2D eigenvalue weighted by Gasteiger charge is 2.40. The molecule has 146 valence electrons. The Morgan fingerprint density at radius 2 is 1.93 bits per heavy atom.